The molecule has 0 fully saturated rings. The molecule has 0 radical (unpaired) electrons. The molecule has 10 heteroatoms. The average Bonchev–Trinajstić information content (AvgIpc) is 2.74. The van der Waals surface area contributed by atoms with E-state index in [2.05, 4.69) is 9.71 Å². The zero-order valence-corrected chi connectivity index (χ0v) is 18.6. The number of ether oxygens (including phenoxy) is 1. The van der Waals surface area contributed by atoms with E-state index in [0.717, 1.165) is 0 Å². The normalized spacial score (nSPS) is 13.3. The smallest absolute Gasteiger partial charge is 0.261 e. The van der Waals surface area contributed by atoms with Crippen LogP contribution in [0.5, 0.6) is 5.75 Å². The first-order chi connectivity index (χ1) is 14.8. The molecule has 0 bridgehead atoms. The minimum Gasteiger partial charge on any atom is -0.488 e. The van der Waals surface area contributed by atoms with Crippen LogP contribution in [0.1, 0.15) is 15.9 Å². The van der Waals surface area contributed by atoms with E-state index < -0.39 is 15.9 Å². The van der Waals surface area contributed by atoms with E-state index in [-0.39, 0.29) is 27.7 Å². The number of nitrogens with zero attached hydrogens (tertiary/aromatic N) is 2. The Kier molecular flexibility index (Phi) is 5.79. The van der Waals surface area contributed by atoms with Crippen LogP contribution >= 0.6 is 23.2 Å². The summed E-state index contributed by atoms with van der Waals surface area (Å²) in [4.78, 5) is 19.1. The molecule has 0 spiro atoms. The number of fused-ring (bicyclic) bond motifs is 1. The Morgan fingerprint density at radius 2 is 1.97 bits per heavy atom. The first kappa shape index (κ1) is 21.4. The molecule has 1 N–H and O–H groups in total. The molecule has 0 aliphatic carbocycles. The van der Waals surface area contributed by atoms with Crippen molar-refractivity contribution >= 4 is 50.6 Å². The summed E-state index contributed by atoms with van der Waals surface area (Å²) in [5, 5.41) is 0.734. The first-order valence-electron chi connectivity index (χ1n) is 9.24. The van der Waals surface area contributed by atoms with Crippen molar-refractivity contribution in [2.24, 2.45) is 0 Å². The maximum Gasteiger partial charge on any atom is 0.261 e. The summed E-state index contributed by atoms with van der Waals surface area (Å²) < 4.78 is 34.0. The molecule has 1 amide bonds. The number of aromatic nitrogens is 1. The molecule has 160 valence electrons. The maximum absolute atomic E-state index is 13.4. The molecule has 31 heavy (non-hydrogen) atoms. The predicted molar refractivity (Wildman–Crippen MR) is 120 cm³/mol. The van der Waals surface area contributed by atoms with Crippen LogP contribution in [-0.4, -0.2) is 32.5 Å². The number of sulfonamides is 1. The summed E-state index contributed by atoms with van der Waals surface area (Å²) in [7, 11) is -3.99. The fourth-order valence-electron chi connectivity index (χ4n) is 3.17. The molecule has 0 saturated heterocycles. The minimum atomic E-state index is -3.99. The number of rotatable bonds is 4. The summed E-state index contributed by atoms with van der Waals surface area (Å²) in [5.74, 6) is 0.426. The van der Waals surface area contributed by atoms with Gasteiger partial charge in [-0.05, 0) is 61.0 Å². The third-order valence-electron chi connectivity index (χ3n) is 4.72. The Labute approximate surface area is 189 Å². The second-order valence-electron chi connectivity index (χ2n) is 6.84. The van der Waals surface area contributed by atoms with Crippen molar-refractivity contribution in [3.8, 4) is 5.75 Å². The van der Waals surface area contributed by atoms with Gasteiger partial charge in [0.15, 0.2) is 11.6 Å². The van der Waals surface area contributed by atoms with E-state index in [4.69, 9.17) is 27.9 Å². The molecule has 2 heterocycles. The molecule has 4 rings (SSSR count). The van der Waals surface area contributed by atoms with Gasteiger partial charge in [-0.3, -0.25) is 14.4 Å². The lowest BCUT2D eigenvalue weighted by Crippen LogP contribution is -2.39. The van der Waals surface area contributed by atoms with Crippen molar-refractivity contribution < 1.29 is 17.9 Å². The number of aryl methyl sites for hydroxylation is 1. The van der Waals surface area contributed by atoms with Crippen LogP contribution in [0.25, 0.3) is 0 Å². The van der Waals surface area contributed by atoms with E-state index in [1.165, 1.54) is 41.3 Å². The molecule has 3 aromatic rings. The highest BCUT2D eigenvalue weighted by atomic mass is 35.5. The largest absolute Gasteiger partial charge is 0.488 e. The summed E-state index contributed by atoms with van der Waals surface area (Å²) in [6.45, 7) is 2.27. The van der Waals surface area contributed by atoms with Crippen molar-refractivity contribution in [2.45, 2.75) is 11.8 Å². The number of hydrogen-bond donors (Lipinski definition) is 1. The van der Waals surface area contributed by atoms with Gasteiger partial charge in [0.1, 0.15) is 6.61 Å². The lowest BCUT2D eigenvalue weighted by Gasteiger charge is -2.28. The molecule has 0 atom stereocenters. The van der Waals surface area contributed by atoms with E-state index in [9.17, 15) is 13.2 Å². The van der Waals surface area contributed by atoms with Crippen molar-refractivity contribution in [2.75, 3.05) is 22.8 Å². The molecule has 2 aromatic carbocycles. The number of benzene rings is 2. The number of amides is 1. The van der Waals surface area contributed by atoms with E-state index in [1.807, 2.05) is 0 Å². The van der Waals surface area contributed by atoms with Crippen LogP contribution in [0.15, 0.2) is 59.6 Å². The van der Waals surface area contributed by atoms with Crippen LogP contribution in [0.4, 0.5) is 11.5 Å². The van der Waals surface area contributed by atoms with Crippen LogP contribution in [-0.2, 0) is 10.0 Å². The van der Waals surface area contributed by atoms with Crippen LogP contribution < -0.4 is 14.4 Å². The number of halogens is 2. The monoisotopic (exact) mass is 477 g/mol. The second kappa shape index (κ2) is 8.37. The number of carbonyl (C=O) groups is 1. The molecule has 0 unspecified atom stereocenters. The summed E-state index contributed by atoms with van der Waals surface area (Å²) in [5.41, 5.74) is 0.814. The van der Waals surface area contributed by atoms with Crippen molar-refractivity contribution in [1.29, 1.82) is 0 Å². The lowest BCUT2D eigenvalue weighted by molar-refractivity contribution is 0.0976. The van der Waals surface area contributed by atoms with Crippen LogP contribution in [0.2, 0.25) is 10.0 Å². The quantitative estimate of drug-likeness (QED) is 0.595. The zero-order valence-electron chi connectivity index (χ0n) is 16.3. The predicted octanol–water partition coefficient (Wildman–Crippen LogP) is 4.54. The zero-order chi connectivity index (χ0) is 22.2. The van der Waals surface area contributed by atoms with Crippen LogP contribution in [0.3, 0.4) is 0 Å². The van der Waals surface area contributed by atoms with E-state index in [1.54, 1.807) is 25.3 Å². The molecule has 1 aromatic heterocycles. The topological polar surface area (TPSA) is 88.6 Å². The molecule has 0 saturated carbocycles. The number of anilines is 2. The first-order valence-corrected chi connectivity index (χ1v) is 11.5. The van der Waals surface area contributed by atoms with Gasteiger partial charge >= 0.3 is 0 Å². The Bertz CT molecular complexity index is 1280. The van der Waals surface area contributed by atoms with Gasteiger partial charge in [-0.2, -0.15) is 0 Å². The Morgan fingerprint density at radius 1 is 1.16 bits per heavy atom. The van der Waals surface area contributed by atoms with Gasteiger partial charge in [-0.1, -0.05) is 23.2 Å². The Hall–Kier alpha value is -2.81. The van der Waals surface area contributed by atoms with Gasteiger partial charge in [-0.25, -0.2) is 13.4 Å². The fourth-order valence-corrected chi connectivity index (χ4v) is 4.61. The Balaban J connectivity index is 1.72. The number of pyridine rings is 1. The SMILES string of the molecule is Cc1cc(S(=O)(=O)Nc2cc(Cl)ccc2C(=O)N2CCOc3cccnc32)ccc1Cl. The number of nitrogens with one attached hydrogen (secondary N) is 1. The van der Waals surface area contributed by atoms with Gasteiger partial charge in [0.25, 0.3) is 15.9 Å². The summed E-state index contributed by atoms with van der Waals surface area (Å²) >= 11 is 12.1. The fraction of sp³-hybridized carbons (Fsp3) is 0.143. The molecule has 1 aliphatic rings. The van der Waals surface area contributed by atoms with Gasteiger partial charge in [0.2, 0.25) is 0 Å². The van der Waals surface area contributed by atoms with Crippen molar-refractivity contribution in [3.63, 3.8) is 0 Å². The lowest BCUT2D eigenvalue weighted by atomic mass is 10.1. The van der Waals surface area contributed by atoms with Gasteiger partial charge in [0.05, 0.1) is 22.7 Å². The van der Waals surface area contributed by atoms with Gasteiger partial charge < -0.3 is 4.74 Å². The summed E-state index contributed by atoms with van der Waals surface area (Å²) in [6.07, 6.45) is 1.56. The van der Waals surface area contributed by atoms with Gasteiger partial charge in [0, 0.05) is 16.2 Å². The van der Waals surface area contributed by atoms with Crippen LogP contribution in [0, 0.1) is 6.92 Å². The maximum atomic E-state index is 13.4. The third kappa shape index (κ3) is 4.32. The highest BCUT2D eigenvalue weighted by molar-refractivity contribution is 7.92. The van der Waals surface area contributed by atoms with E-state index >= 15 is 0 Å². The minimum absolute atomic E-state index is 0.0196. The Morgan fingerprint density at radius 3 is 2.74 bits per heavy atom. The standard InChI is InChI=1S/C21H17Cl2N3O4S/c1-13-11-15(5-7-17(13)23)31(28,29)25-18-12-14(22)4-6-16(18)21(27)26-9-10-30-19-3-2-8-24-20(19)26/h2-8,11-12,25H,9-10H2,1H3. The molecular weight excluding hydrogens is 461 g/mol. The number of hydrogen-bond acceptors (Lipinski definition) is 5. The second-order valence-corrected chi connectivity index (χ2v) is 9.36. The molecule has 7 nitrogen and oxygen atoms in total. The highest BCUT2D eigenvalue weighted by Crippen LogP contribution is 2.32. The van der Waals surface area contributed by atoms with Crippen molar-refractivity contribution in [3.05, 3.63) is 75.9 Å². The van der Waals surface area contributed by atoms with E-state index in [0.29, 0.717) is 28.8 Å². The highest BCUT2D eigenvalue weighted by Gasteiger charge is 2.28. The van der Waals surface area contributed by atoms with Crippen molar-refractivity contribution in [1.82, 2.24) is 4.98 Å². The average molecular weight is 478 g/mol. The van der Waals surface area contributed by atoms with Gasteiger partial charge in [-0.15, -0.1) is 0 Å². The molecule has 1 aliphatic heterocycles. The number of carbonyl (C=O) groups excluding carboxylic acids is 1. The summed E-state index contributed by atoms with van der Waals surface area (Å²) in [6, 6.07) is 12.2. The molecular formula is C21H17Cl2N3O4S. The third-order valence-corrected chi connectivity index (χ3v) is 6.74.